The fraction of sp³-hybridized carbons (Fsp3) is 0.571. The standard InChI is InChI=1S/C21H26N4O3/c22-8-14-6-16-7-15(14)10-24(16)9-12-1-2-13-11-25(21(28)17(13)5-12)18-3-4-19(26)23-20(18)27/h1-2,5,14-16,18H,3-4,6-11,22H2,(H,23,26,27)/t14-,15-,16+,18?/m0/s1. The van der Waals surface area contributed by atoms with E-state index >= 15 is 0 Å². The minimum Gasteiger partial charge on any atom is -0.330 e. The number of piperidine rings is 2. The van der Waals surface area contributed by atoms with Gasteiger partial charge in [-0.3, -0.25) is 24.6 Å². The second-order valence-electron chi connectivity index (χ2n) is 8.70. The van der Waals surface area contributed by atoms with Crippen LogP contribution in [0.1, 0.15) is 47.2 Å². The van der Waals surface area contributed by atoms with Gasteiger partial charge in [-0.25, -0.2) is 0 Å². The van der Waals surface area contributed by atoms with Gasteiger partial charge in [-0.15, -0.1) is 0 Å². The van der Waals surface area contributed by atoms with Gasteiger partial charge in [-0.05, 0) is 54.8 Å². The SMILES string of the molecule is NC[C@@H]1C[C@@H]2C[C@H]1CN2Cc1ccc2c(c1)C(=O)N(C1CCC(=O)NC1=O)C2. The third kappa shape index (κ3) is 2.84. The second-order valence-corrected chi connectivity index (χ2v) is 8.70. The van der Waals surface area contributed by atoms with Gasteiger partial charge >= 0.3 is 0 Å². The third-order valence-corrected chi connectivity index (χ3v) is 7.08. The highest BCUT2D eigenvalue weighted by atomic mass is 16.2. The minimum atomic E-state index is -0.552. The zero-order chi connectivity index (χ0) is 19.4. The maximum Gasteiger partial charge on any atom is 0.255 e. The van der Waals surface area contributed by atoms with Crippen LogP contribution in [0.4, 0.5) is 0 Å². The van der Waals surface area contributed by atoms with Crippen molar-refractivity contribution < 1.29 is 14.4 Å². The lowest BCUT2D eigenvalue weighted by molar-refractivity contribution is -0.136. The molecule has 3 amide bonds. The fourth-order valence-corrected chi connectivity index (χ4v) is 5.57. The van der Waals surface area contributed by atoms with Crippen molar-refractivity contribution in [2.24, 2.45) is 17.6 Å². The molecule has 148 valence electrons. The smallest absolute Gasteiger partial charge is 0.255 e. The Morgan fingerprint density at radius 3 is 2.75 bits per heavy atom. The van der Waals surface area contributed by atoms with Crippen LogP contribution < -0.4 is 11.1 Å². The van der Waals surface area contributed by atoms with Crippen molar-refractivity contribution in [3.8, 4) is 0 Å². The van der Waals surface area contributed by atoms with Gasteiger partial charge in [0.05, 0.1) is 0 Å². The molecule has 2 bridgehead atoms. The number of fused-ring (bicyclic) bond motifs is 3. The first-order chi connectivity index (χ1) is 13.5. The molecule has 3 heterocycles. The molecule has 4 aliphatic rings. The number of likely N-dealkylation sites (tertiary alicyclic amines) is 1. The van der Waals surface area contributed by atoms with Crippen LogP contribution in [0.3, 0.4) is 0 Å². The van der Waals surface area contributed by atoms with Gasteiger partial charge in [0.2, 0.25) is 11.8 Å². The predicted octanol–water partition coefficient (Wildman–Crippen LogP) is 0.617. The Balaban J connectivity index is 1.29. The molecule has 0 radical (unpaired) electrons. The summed E-state index contributed by atoms with van der Waals surface area (Å²) in [5, 5.41) is 2.35. The highest BCUT2D eigenvalue weighted by Crippen LogP contribution is 2.42. The highest BCUT2D eigenvalue weighted by molar-refractivity contribution is 6.05. The van der Waals surface area contributed by atoms with Gasteiger partial charge in [-0.1, -0.05) is 12.1 Å². The summed E-state index contributed by atoms with van der Waals surface area (Å²) in [5.74, 6) is 0.668. The van der Waals surface area contributed by atoms with Gasteiger partial charge in [-0.2, -0.15) is 0 Å². The normalized spacial score (nSPS) is 32.2. The molecule has 1 aromatic carbocycles. The summed E-state index contributed by atoms with van der Waals surface area (Å²) >= 11 is 0. The molecule has 1 unspecified atom stereocenters. The molecular formula is C21H26N4O3. The Kier molecular flexibility index (Phi) is 4.25. The van der Waals surface area contributed by atoms with E-state index < -0.39 is 6.04 Å². The number of imide groups is 1. The number of nitrogens with one attached hydrogen (secondary N) is 1. The van der Waals surface area contributed by atoms with E-state index in [-0.39, 0.29) is 24.1 Å². The van der Waals surface area contributed by atoms with Crippen LogP contribution in [0, 0.1) is 11.8 Å². The van der Waals surface area contributed by atoms with Crippen LogP contribution in [0.25, 0.3) is 0 Å². The molecule has 2 saturated heterocycles. The molecular weight excluding hydrogens is 356 g/mol. The molecule has 5 rings (SSSR count). The topological polar surface area (TPSA) is 95.7 Å². The van der Waals surface area contributed by atoms with Gasteiger partial charge in [0, 0.05) is 37.7 Å². The van der Waals surface area contributed by atoms with Crippen molar-refractivity contribution in [3.63, 3.8) is 0 Å². The van der Waals surface area contributed by atoms with E-state index in [1.54, 1.807) is 4.90 Å². The van der Waals surface area contributed by atoms with Crippen molar-refractivity contribution in [1.29, 1.82) is 0 Å². The Morgan fingerprint density at radius 1 is 1.18 bits per heavy atom. The summed E-state index contributed by atoms with van der Waals surface area (Å²) in [5.41, 5.74) is 8.69. The maximum absolute atomic E-state index is 13.0. The first kappa shape index (κ1) is 17.8. The average molecular weight is 382 g/mol. The predicted molar refractivity (Wildman–Crippen MR) is 102 cm³/mol. The summed E-state index contributed by atoms with van der Waals surface area (Å²) < 4.78 is 0. The van der Waals surface area contributed by atoms with Crippen molar-refractivity contribution in [2.75, 3.05) is 13.1 Å². The molecule has 3 fully saturated rings. The summed E-state index contributed by atoms with van der Waals surface area (Å²) in [7, 11) is 0. The van der Waals surface area contributed by atoms with Crippen LogP contribution in [0.5, 0.6) is 0 Å². The van der Waals surface area contributed by atoms with E-state index in [0.29, 0.717) is 36.4 Å². The molecule has 7 heteroatoms. The Labute approximate surface area is 164 Å². The Morgan fingerprint density at radius 2 is 2.04 bits per heavy atom. The maximum atomic E-state index is 13.0. The Hall–Kier alpha value is -2.25. The van der Waals surface area contributed by atoms with Gasteiger partial charge in [0.25, 0.3) is 5.91 Å². The number of nitrogens with zero attached hydrogens (tertiary/aromatic N) is 2. The first-order valence-corrected chi connectivity index (χ1v) is 10.2. The highest BCUT2D eigenvalue weighted by Gasteiger charge is 2.44. The number of nitrogens with two attached hydrogens (primary N) is 1. The van der Waals surface area contributed by atoms with Gasteiger partial charge in [0.15, 0.2) is 0 Å². The van der Waals surface area contributed by atoms with Gasteiger partial charge in [0.1, 0.15) is 6.04 Å². The van der Waals surface area contributed by atoms with Crippen LogP contribution in [0.2, 0.25) is 0 Å². The minimum absolute atomic E-state index is 0.0995. The molecule has 3 aliphatic heterocycles. The zero-order valence-electron chi connectivity index (χ0n) is 15.9. The number of benzene rings is 1. The lowest BCUT2D eigenvalue weighted by atomic mass is 9.94. The molecule has 3 N–H and O–H groups in total. The molecule has 28 heavy (non-hydrogen) atoms. The van der Waals surface area contributed by atoms with Crippen molar-refractivity contribution in [1.82, 2.24) is 15.1 Å². The molecule has 0 spiro atoms. The number of hydrogen-bond acceptors (Lipinski definition) is 5. The number of carbonyl (C=O) groups excluding carboxylic acids is 3. The van der Waals surface area contributed by atoms with E-state index in [2.05, 4.69) is 16.3 Å². The van der Waals surface area contributed by atoms with Crippen molar-refractivity contribution >= 4 is 17.7 Å². The first-order valence-electron chi connectivity index (χ1n) is 10.2. The number of carbonyl (C=O) groups is 3. The lowest BCUT2D eigenvalue weighted by Gasteiger charge is -2.31. The molecule has 1 saturated carbocycles. The molecule has 1 aliphatic carbocycles. The van der Waals surface area contributed by atoms with E-state index in [1.165, 1.54) is 12.8 Å². The third-order valence-electron chi connectivity index (χ3n) is 7.08. The fourth-order valence-electron chi connectivity index (χ4n) is 5.57. The quantitative estimate of drug-likeness (QED) is 0.744. The van der Waals surface area contributed by atoms with Crippen LogP contribution in [0.15, 0.2) is 18.2 Å². The molecule has 1 aromatic rings. The Bertz CT molecular complexity index is 854. The number of rotatable bonds is 4. The molecule has 7 nitrogen and oxygen atoms in total. The number of hydrogen-bond donors (Lipinski definition) is 2. The average Bonchev–Trinajstić information content (AvgIpc) is 3.35. The van der Waals surface area contributed by atoms with Gasteiger partial charge < -0.3 is 10.6 Å². The second kappa shape index (κ2) is 6.67. The van der Waals surface area contributed by atoms with Crippen LogP contribution in [-0.2, 0) is 22.7 Å². The largest absolute Gasteiger partial charge is 0.330 e. The molecule has 4 atom stereocenters. The van der Waals surface area contributed by atoms with Crippen molar-refractivity contribution in [2.45, 2.75) is 50.9 Å². The van der Waals surface area contributed by atoms with E-state index in [0.717, 1.165) is 30.8 Å². The monoisotopic (exact) mass is 382 g/mol. The van der Waals surface area contributed by atoms with Crippen molar-refractivity contribution in [3.05, 3.63) is 34.9 Å². The summed E-state index contributed by atoms with van der Waals surface area (Å²) in [6.45, 7) is 3.18. The molecule has 0 aromatic heterocycles. The zero-order valence-corrected chi connectivity index (χ0v) is 15.9. The van der Waals surface area contributed by atoms with E-state index in [4.69, 9.17) is 5.73 Å². The summed E-state index contributed by atoms with van der Waals surface area (Å²) in [6.07, 6.45) is 3.11. The van der Waals surface area contributed by atoms with Crippen LogP contribution in [-0.4, -0.2) is 52.7 Å². The van der Waals surface area contributed by atoms with E-state index in [1.807, 2.05) is 12.1 Å². The lowest BCUT2D eigenvalue weighted by Crippen LogP contribution is -2.52. The number of amides is 3. The summed E-state index contributed by atoms with van der Waals surface area (Å²) in [4.78, 5) is 40.6. The van der Waals surface area contributed by atoms with Crippen LogP contribution >= 0.6 is 0 Å². The summed E-state index contributed by atoms with van der Waals surface area (Å²) in [6, 6.07) is 6.18. The van der Waals surface area contributed by atoms with E-state index in [9.17, 15) is 14.4 Å².